The number of aryl methyl sites for hydroxylation is 1. The molecule has 0 aliphatic rings. The van der Waals surface area contributed by atoms with Gasteiger partial charge in [0.1, 0.15) is 5.82 Å². The fourth-order valence-electron chi connectivity index (χ4n) is 1.81. The maximum Gasteiger partial charge on any atom is 0.131 e. The molecular weight excluding hydrogens is 248 g/mol. The Hall–Kier alpha value is -2.49. The molecule has 0 saturated carbocycles. The van der Waals surface area contributed by atoms with Crippen molar-refractivity contribution in [2.45, 2.75) is 20.8 Å². The summed E-state index contributed by atoms with van der Waals surface area (Å²) in [5.41, 5.74) is 2.90. The minimum atomic E-state index is 0.819. The van der Waals surface area contributed by atoms with Crippen LogP contribution < -0.4 is 5.32 Å². The first kappa shape index (κ1) is 13.9. The largest absolute Gasteiger partial charge is 0.340 e. The number of nitrogens with zero attached hydrogens (tertiary/aromatic N) is 3. The van der Waals surface area contributed by atoms with Crippen molar-refractivity contribution in [3.63, 3.8) is 0 Å². The molecule has 0 spiro atoms. The summed E-state index contributed by atoms with van der Waals surface area (Å²) in [5.74, 6) is 0.819. The number of aromatic nitrogens is 3. The molecule has 4 heteroatoms. The molecule has 0 radical (unpaired) electrons. The smallest absolute Gasteiger partial charge is 0.131 e. The minimum absolute atomic E-state index is 0.819. The van der Waals surface area contributed by atoms with E-state index in [9.17, 15) is 0 Å². The second-order valence-corrected chi connectivity index (χ2v) is 4.08. The van der Waals surface area contributed by atoms with Gasteiger partial charge in [0.2, 0.25) is 0 Å². The van der Waals surface area contributed by atoms with Crippen molar-refractivity contribution in [2.24, 2.45) is 0 Å². The molecule has 0 aromatic carbocycles. The van der Waals surface area contributed by atoms with Crippen LogP contribution in [-0.2, 0) is 0 Å². The molecule has 0 atom stereocenters. The van der Waals surface area contributed by atoms with E-state index < -0.39 is 0 Å². The Morgan fingerprint density at radius 1 is 1.00 bits per heavy atom. The van der Waals surface area contributed by atoms with Gasteiger partial charge >= 0.3 is 0 Å². The molecule has 3 rings (SSSR count). The number of anilines is 2. The number of fused-ring (bicyclic) bond motifs is 1. The zero-order valence-electron chi connectivity index (χ0n) is 12.0. The van der Waals surface area contributed by atoms with E-state index >= 15 is 0 Å². The molecule has 3 heterocycles. The van der Waals surface area contributed by atoms with Crippen LogP contribution in [0.1, 0.15) is 19.5 Å². The van der Waals surface area contributed by atoms with E-state index in [0.717, 1.165) is 28.1 Å². The van der Waals surface area contributed by atoms with Gasteiger partial charge in [0.25, 0.3) is 0 Å². The molecule has 102 valence electrons. The average molecular weight is 266 g/mol. The van der Waals surface area contributed by atoms with Crippen molar-refractivity contribution < 1.29 is 0 Å². The fourth-order valence-corrected chi connectivity index (χ4v) is 1.81. The highest BCUT2D eigenvalue weighted by atomic mass is 15.0. The van der Waals surface area contributed by atoms with Gasteiger partial charge in [-0.2, -0.15) is 0 Å². The van der Waals surface area contributed by atoms with E-state index in [1.54, 1.807) is 12.4 Å². The number of hydrogen-bond acceptors (Lipinski definition) is 4. The summed E-state index contributed by atoms with van der Waals surface area (Å²) < 4.78 is 0. The fraction of sp³-hybridized carbons (Fsp3) is 0.188. The zero-order chi connectivity index (χ0) is 14.4. The van der Waals surface area contributed by atoms with Gasteiger partial charge in [0, 0.05) is 35.4 Å². The second kappa shape index (κ2) is 6.61. The molecular formula is C16H18N4. The van der Waals surface area contributed by atoms with Crippen LogP contribution in [0, 0.1) is 6.92 Å². The van der Waals surface area contributed by atoms with E-state index in [-0.39, 0.29) is 0 Å². The molecule has 0 bridgehead atoms. The molecule has 20 heavy (non-hydrogen) atoms. The van der Waals surface area contributed by atoms with Crippen LogP contribution in [0.4, 0.5) is 11.5 Å². The Kier molecular flexibility index (Phi) is 4.60. The number of rotatable bonds is 2. The highest BCUT2D eigenvalue weighted by molar-refractivity contribution is 5.79. The quantitative estimate of drug-likeness (QED) is 0.758. The number of hydrogen-bond donors (Lipinski definition) is 1. The lowest BCUT2D eigenvalue weighted by atomic mass is 10.2. The maximum atomic E-state index is 4.53. The van der Waals surface area contributed by atoms with Crippen LogP contribution in [0.5, 0.6) is 0 Å². The zero-order valence-corrected chi connectivity index (χ0v) is 12.0. The minimum Gasteiger partial charge on any atom is -0.340 e. The maximum absolute atomic E-state index is 4.53. The van der Waals surface area contributed by atoms with Crippen LogP contribution >= 0.6 is 0 Å². The number of nitrogens with one attached hydrogen (secondary N) is 1. The van der Waals surface area contributed by atoms with Crippen molar-refractivity contribution in [1.29, 1.82) is 0 Å². The molecule has 0 saturated heterocycles. The molecule has 0 aliphatic carbocycles. The van der Waals surface area contributed by atoms with Gasteiger partial charge in [-0.15, -0.1) is 0 Å². The molecule has 1 N–H and O–H groups in total. The summed E-state index contributed by atoms with van der Waals surface area (Å²) in [7, 11) is 0. The molecule has 4 nitrogen and oxygen atoms in total. The Morgan fingerprint density at radius 2 is 1.85 bits per heavy atom. The van der Waals surface area contributed by atoms with Crippen molar-refractivity contribution in [3.8, 4) is 0 Å². The summed E-state index contributed by atoms with van der Waals surface area (Å²) in [4.78, 5) is 12.8. The SMILES string of the molecule is CC.Cc1cc(Nc2ccc3cnccc3n2)ccn1. The third kappa shape index (κ3) is 3.29. The predicted molar refractivity (Wildman–Crippen MR) is 83.1 cm³/mol. The van der Waals surface area contributed by atoms with E-state index in [0.29, 0.717) is 0 Å². The monoisotopic (exact) mass is 266 g/mol. The van der Waals surface area contributed by atoms with Crippen LogP contribution in [0.15, 0.2) is 48.9 Å². The molecule has 0 amide bonds. The van der Waals surface area contributed by atoms with Gasteiger partial charge in [0.05, 0.1) is 5.52 Å². The van der Waals surface area contributed by atoms with Gasteiger partial charge < -0.3 is 5.32 Å². The lowest BCUT2D eigenvalue weighted by Crippen LogP contribution is -1.94. The normalized spacial score (nSPS) is 9.75. The summed E-state index contributed by atoms with van der Waals surface area (Å²) in [6, 6.07) is 9.76. The lowest BCUT2D eigenvalue weighted by molar-refractivity contribution is 1.20. The molecule has 0 unspecified atom stereocenters. The Labute approximate surface area is 118 Å². The van der Waals surface area contributed by atoms with E-state index in [1.165, 1.54) is 0 Å². The van der Waals surface area contributed by atoms with Crippen molar-refractivity contribution >= 4 is 22.4 Å². The lowest BCUT2D eigenvalue weighted by Gasteiger charge is -2.06. The van der Waals surface area contributed by atoms with Gasteiger partial charge in [-0.25, -0.2) is 4.98 Å². The van der Waals surface area contributed by atoms with E-state index in [2.05, 4.69) is 20.3 Å². The Bertz CT molecular complexity index is 695. The average Bonchev–Trinajstić information content (AvgIpc) is 2.49. The van der Waals surface area contributed by atoms with Gasteiger partial charge in [-0.1, -0.05) is 13.8 Å². The van der Waals surface area contributed by atoms with Gasteiger partial charge in [-0.3, -0.25) is 9.97 Å². The molecule has 0 aliphatic heterocycles. The van der Waals surface area contributed by atoms with Crippen molar-refractivity contribution in [2.75, 3.05) is 5.32 Å². The van der Waals surface area contributed by atoms with Crippen LogP contribution in [-0.4, -0.2) is 15.0 Å². The highest BCUT2D eigenvalue weighted by Crippen LogP contribution is 2.18. The van der Waals surface area contributed by atoms with Crippen LogP contribution in [0.2, 0.25) is 0 Å². The van der Waals surface area contributed by atoms with Gasteiger partial charge in [0.15, 0.2) is 0 Å². The van der Waals surface area contributed by atoms with E-state index in [4.69, 9.17) is 0 Å². The Balaban J connectivity index is 0.000000704. The topological polar surface area (TPSA) is 50.7 Å². The van der Waals surface area contributed by atoms with Crippen molar-refractivity contribution in [3.05, 3.63) is 54.6 Å². The Morgan fingerprint density at radius 3 is 2.65 bits per heavy atom. The summed E-state index contributed by atoms with van der Waals surface area (Å²) in [6.45, 7) is 5.96. The second-order valence-electron chi connectivity index (χ2n) is 4.08. The molecule has 0 fully saturated rings. The van der Waals surface area contributed by atoms with Crippen LogP contribution in [0.3, 0.4) is 0 Å². The van der Waals surface area contributed by atoms with Gasteiger partial charge in [-0.05, 0) is 37.3 Å². The first-order valence-electron chi connectivity index (χ1n) is 6.72. The highest BCUT2D eigenvalue weighted by Gasteiger charge is 1.99. The first-order chi connectivity index (χ1) is 9.81. The van der Waals surface area contributed by atoms with Crippen molar-refractivity contribution in [1.82, 2.24) is 15.0 Å². The third-order valence-electron chi connectivity index (χ3n) is 2.66. The first-order valence-corrected chi connectivity index (χ1v) is 6.72. The standard InChI is InChI=1S/C14H12N4.C2H6/c1-10-8-12(4-7-16-10)17-14-3-2-11-9-15-6-5-13(11)18-14;1-2/h2-9H,1H3,(H,16,17,18);1-2H3. The molecule has 3 aromatic rings. The number of pyridine rings is 3. The third-order valence-corrected chi connectivity index (χ3v) is 2.66. The predicted octanol–water partition coefficient (Wildman–Crippen LogP) is 4.10. The summed E-state index contributed by atoms with van der Waals surface area (Å²) in [6.07, 6.45) is 5.33. The summed E-state index contributed by atoms with van der Waals surface area (Å²) >= 11 is 0. The van der Waals surface area contributed by atoms with Crippen LogP contribution in [0.25, 0.3) is 10.9 Å². The summed E-state index contributed by atoms with van der Waals surface area (Å²) in [5, 5.41) is 4.30. The van der Waals surface area contributed by atoms with E-state index in [1.807, 2.05) is 57.3 Å². The molecule has 3 aromatic heterocycles.